The summed E-state index contributed by atoms with van der Waals surface area (Å²) in [7, 11) is 0. The molecule has 5 aromatic carbocycles. The number of benzene rings is 5. The Hall–Kier alpha value is -5.88. The van der Waals surface area contributed by atoms with E-state index in [4.69, 9.17) is 4.74 Å². The second-order valence-electron chi connectivity index (χ2n) is 13.4. The van der Waals surface area contributed by atoms with Gasteiger partial charge in [-0.05, 0) is 66.3 Å². The minimum atomic E-state index is -1.53. The molecule has 6 heteroatoms. The number of fused-ring (bicyclic) bond motifs is 5. The van der Waals surface area contributed by atoms with Crippen LogP contribution < -0.4 is 4.90 Å². The van der Waals surface area contributed by atoms with Gasteiger partial charge in [-0.25, -0.2) is 9.69 Å². The summed E-state index contributed by atoms with van der Waals surface area (Å²) in [5.41, 5.74) is 3.69. The van der Waals surface area contributed by atoms with E-state index in [1.165, 1.54) is 0 Å². The van der Waals surface area contributed by atoms with Crippen LogP contribution in [0.25, 0.3) is 11.1 Å². The maximum absolute atomic E-state index is 16.1. The van der Waals surface area contributed by atoms with Gasteiger partial charge in [-0.1, -0.05) is 132 Å². The van der Waals surface area contributed by atoms with E-state index in [0.29, 0.717) is 11.1 Å². The molecule has 1 aliphatic heterocycles. The summed E-state index contributed by atoms with van der Waals surface area (Å²) in [5, 5.41) is 0. The number of hydrogen-bond donors (Lipinski definition) is 0. The molecule has 2 amide bonds. The number of rotatable bonds is 7. The Kier molecular flexibility index (Phi) is 7.30. The Labute approximate surface area is 291 Å². The molecule has 3 aliphatic rings. The van der Waals surface area contributed by atoms with Gasteiger partial charge in [-0.15, -0.1) is 0 Å². The number of ketones is 1. The van der Waals surface area contributed by atoms with E-state index in [2.05, 4.69) is 0 Å². The summed E-state index contributed by atoms with van der Waals surface area (Å²) < 4.78 is 5.36. The Morgan fingerprint density at radius 3 is 1.46 bits per heavy atom. The Morgan fingerprint density at radius 1 is 0.600 bits per heavy atom. The van der Waals surface area contributed by atoms with E-state index < -0.39 is 40.4 Å². The fourth-order valence-electron chi connectivity index (χ4n) is 8.85. The number of allylic oxidation sites excluding steroid dienone is 2. The molecule has 0 unspecified atom stereocenters. The number of anilines is 1. The molecule has 1 saturated heterocycles. The van der Waals surface area contributed by atoms with Crippen LogP contribution in [0.1, 0.15) is 50.7 Å². The van der Waals surface area contributed by atoms with Gasteiger partial charge in [0.1, 0.15) is 0 Å². The third-order valence-electron chi connectivity index (χ3n) is 10.8. The molecule has 1 saturated carbocycles. The first-order chi connectivity index (χ1) is 24.3. The van der Waals surface area contributed by atoms with Crippen molar-refractivity contribution < 1.29 is 23.9 Å². The molecule has 0 N–H and O–H groups in total. The quantitative estimate of drug-likeness (QED) is 0.133. The first-order valence-electron chi connectivity index (χ1n) is 17.0. The molecule has 2 fully saturated rings. The molecule has 6 nitrogen and oxygen atoms in total. The molecule has 0 radical (unpaired) electrons. The standard InChI is InChI=1S/C44H35NO5/c1-4-50-41(48)33-17-11-12-18-34(33)45-39(46)37-38(40(45)47)44(32-15-9-6-10-16-32)36(30-25-21-28(3)22-26-30)35(29-23-19-27(2)20-24-29)43(37,42(44)49)31-13-7-5-8-14-31/h5-26,37-38H,4H2,1-3H3/t37-,38+,43-,44-/m0/s1. The molecule has 2 bridgehead atoms. The minimum Gasteiger partial charge on any atom is -0.462 e. The van der Waals surface area contributed by atoms with Crippen molar-refractivity contribution in [3.05, 3.63) is 172 Å². The van der Waals surface area contributed by atoms with E-state index in [1.54, 1.807) is 31.2 Å². The molecule has 4 atom stereocenters. The SMILES string of the molecule is CCOC(=O)c1ccccc1N1C(=O)[C@@H]2[C@H](C1=O)[C@@]1(c3ccccc3)C(=O)[C@@]2(c2ccccc2)C(c2ccc(C)cc2)=C1c1ccc(C)cc1. The van der Waals surface area contributed by atoms with Crippen molar-refractivity contribution in [2.24, 2.45) is 11.8 Å². The minimum absolute atomic E-state index is 0.114. The molecular weight excluding hydrogens is 622 g/mol. The summed E-state index contributed by atoms with van der Waals surface area (Å²) in [6.07, 6.45) is 0. The van der Waals surface area contributed by atoms with Gasteiger partial charge in [0.2, 0.25) is 11.8 Å². The smallest absolute Gasteiger partial charge is 0.340 e. The van der Waals surface area contributed by atoms with Crippen molar-refractivity contribution in [1.82, 2.24) is 0 Å². The summed E-state index contributed by atoms with van der Waals surface area (Å²) in [6.45, 7) is 5.86. The second-order valence-corrected chi connectivity index (χ2v) is 13.4. The zero-order valence-corrected chi connectivity index (χ0v) is 28.1. The highest BCUT2D eigenvalue weighted by molar-refractivity contribution is 6.39. The van der Waals surface area contributed by atoms with Crippen molar-refractivity contribution in [1.29, 1.82) is 0 Å². The zero-order chi connectivity index (χ0) is 34.8. The predicted molar refractivity (Wildman–Crippen MR) is 192 cm³/mol. The highest BCUT2D eigenvalue weighted by Gasteiger charge is 2.82. The van der Waals surface area contributed by atoms with Gasteiger partial charge in [0.15, 0.2) is 5.78 Å². The topological polar surface area (TPSA) is 80.8 Å². The van der Waals surface area contributed by atoms with Crippen molar-refractivity contribution in [3.63, 3.8) is 0 Å². The van der Waals surface area contributed by atoms with Crippen LogP contribution in [0.15, 0.2) is 133 Å². The van der Waals surface area contributed by atoms with Crippen LogP contribution in [0.3, 0.4) is 0 Å². The zero-order valence-electron chi connectivity index (χ0n) is 28.1. The highest BCUT2D eigenvalue weighted by atomic mass is 16.5. The summed E-state index contributed by atoms with van der Waals surface area (Å²) in [4.78, 5) is 61.1. The van der Waals surface area contributed by atoms with E-state index in [-0.39, 0.29) is 23.6 Å². The average Bonchev–Trinajstić information content (AvgIpc) is 3.65. The van der Waals surface area contributed by atoms with E-state index in [9.17, 15) is 4.79 Å². The van der Waals surface area contributed by atoms with Gasteiger partial charge >= 0.3 is 5.97 Å². The molecule has 5 aromatic rings. The Balaban J connectivity index is 1.52. The molecule has 0 aromatic heterocycles. The number of Topliss-reactive ketones (excluding diaryl/α,β-unsaturated/α-hetero) is 1. The number of carbonyl (C=O) groups is 4. The molecule has 50 heavy (non-hydrogen) atoms. The van der Waals surface area contributed by atoms with Crippen LogP contribution in [0.4, 0.5) is 5.69 Å². The fourth-order valence-corrected chi connectivity index (χ4v) is 8.85. The van der Waals surface area contributed by atoms with Crippen LogP contribution >= 0.6 is 0 Å². The molecular formula is C44H35NO5. The van der Waals surface area contributed by atoms with Crippen LogP contribution in [0.2, 0.25) is 0 Å². The number of imide groups is 1. The first-order valence-corrected chi connectivity index (χ1v) is 17.0. The van der Waals surface area contributed by atoms with E-state index in [0.717, 1.165) is 38.3 Å². The lowest BCUT2D eigenvalue weighted by molar-refractivity contribution is -0.130. The number of amides is 2. The maximum atomic E-state index is 16.1. The monoisotopic (exact) mass is 657 g/mol. The largest absolute Gasteiger partial charge is 0.462 e. The highest BCUT2D eigenvalue weighted by Crippen LogP contribution is 2.74. The number of para-hydroxylation sites is 1. The normalized spacial score (nSPS) is 23.8. The van der Waals surface area contributed by atoms with Gasteiger partial charge in [0.25, 0.3) is 0 Å². The van der Waals surface area contributed by atoms with Gasteiger partial charge in [-0.3, -0.25) is 14.4 Å². The van der Waals surface area contributed by atoms with Crippen LogP contribution in [0.5, 0.6) is 0 Å². The molecule has 246 valence electrons. The average molecular weight is 658 g/mol. The lowest BCUT2D eigenvalue weighted by Crippen LogP contribution is -2.46. The summed E-state index contributed by atoms with van der Waals surface area (Å²) in [6, 6.07) is 41.5. The summed E-state index contributed by atoms with van der Waals surface area (Å²) in [5.74, 6) is -4.03. The Morgan fingerprint density at radius 2 is 1.02 bits per heavy atom. The number of hydrogen-bond acceptors (Lipinski definition) is 5. The van der Waals surface area contributed by atoms with Gasteiger partial charge in [-0.2, -0.15) is 0 Å². The molecule has 8 rings (SSSR count). The third kappa shape index (κ3) is 4.08. The number of nitrogens with zero attached hydrogens (tertiary/aromatic N) is 1. The van der Waals surface area contributed by atoms with E-state index >= 15 is 14.4 Å². The lowest BCUT2D eigenvalue weighted by atomic mass is 9.59. The van der Waals surface area contributed by atoms with Crippen molar-refractivity contribution in [3.8, 4) is 0 Å². The number of ether oxygens (including phenoxy) is 1. The van der Waals surface area contributed by atoms with Gasteiger partial charge in [0.05, 0.1) is 40.5 Å². The number of aryl methyl sites for hydroxylation is 2. The second kappa shape index (κ2) is 11.6. The third-order valence-corrected chi connectivity index (χ3v) is 10.8. The fraction of sp³-hybridized carbons (Fsp3) is 0.182. The van der Waals surface area contributed by atoms with Crippen LogP contribution in [-0.2, 0) is 30.0 Å². The van der Waals surface area contributed by atoms with Crippen molar-refractivity contribution in [2.45, 2.75) is 31.6 Å². The maximum Gasteiger partial charge on any atom is 0.340 e. The molecule has 2 aliphatic carbocycles. The van der Waals surface area contributed by atoms with Gasteiger partial charge in [0, 0.05) is 0 Å². The van der Waals surface area contributed by atoms with Gasteiger partial charge < -0.3 is 4.74 Å². The lowest BCUT2D eigenvalue weighted by Gasteiger charge is -2.39. The number of carbonyl (C=O) groups excluding carboxylic acids is 4. The van der Waals surface area contributed by atoms with Crippen molar-refractivity contribution in [2.75, 3.05) is 11.5 Å². The van der Waals surface area contributed by atoms with E-state index in [1.807, 2.05) is 123 Å². The van der Waals surface area contributed by atoms with Crippen molar-refractivity contribution >= 4 is 40.4 Å². The molecule has 0 spiro atoms. The first kappa shape index (κ1) is 31.4. The summed E-state index contributed by atoms with van der Waals surface area (Å²) >= 11 is 0. The van der Waals surface area contributed by atoms with Crippen LogP contribution in [0, 0.1) is 25.7 Å². The Bertz CT molecular complexity index is 2100. The van der Waals surface area contributed by atoms with Crippen LogP contribution in [-0.4, -0.2) is 30.2 Å². The predicted octanol–water partition coefficient (Wildman–Crippen LogP) is 7.67. The molecule has 1 heterocycles. The number of esters is 1.